The van der Waals surface area contributed by atoms with Crippen molar-refractivity contribution in [2.45, 2.75) is 12.1 Å². The minimum atomic E-state index is -0.639. The molecule has 0 radical (unpaired) electrons. The van der Waals surface area contributed by atoms with E-state index in [4.69, 9.17) is 4.74 Å². The molecule has 3 N–H and O–H groups in total. The van der Waals surface area contributed by atoms with E-state index in [9.17, 15) is 14.4 Å². The van der Waals surface area contributed by atoms with Crippen LogP contribution in [0.5, 0.6) is 5.75 Å². The standard InChI is InChI=1S/C20H20N6O4S/c1-13(27)22-15-4-3-5-16(10-15)26-12-21-25-20(26)31-11-18(28)24-19(29)23-14-6-8-17(30-2)9-7-14/h3-10,12H,11H2,1-2H3,(H,22,27)(H2,23,24,28,29). The van der Waals surface area contributed by atoms with Crippen LogP contribution in [-0.4, -0.2) is 45.5 Å². The zero-order valence-corrected chi connectivity index (χ0v) is 17.6. The number of imide groups is 1. The second-order valence-corrected chi connectivity index (χ2v) is 7.18. The highest BCUT2D eigenvalue weighted by Crippen LogP contribution is 2.21. The lowest BCUT2D eigenvalue weighted by Crippen LogP contribution is -2.35. The maximum atomic E-state index is 12.1. The molecule has 1 heterocycles. The first-order valence-corrected chi connectivity index (χ1v) is 10.1. The maximum absolute atomic E-state index is 12.1. The van der Waals surface area contributed by atoms with Gasteiger partial charge in [0.2, 0.25) is 11.8 Å². The van der Waals surface area contributed by atoms with Crippen LogP contribution in [0.25, 0.3) is 5.69 Å². The lowest BCUT2D eigenvalue weighted by atomic mass is 10.2. The molecule has 11 heteroatoms. The van der Waals surface area contributed by atoms with E-state index in [0.717, 1.165) is 17.4 Å². The number of carbonyl (C=O) groups is 3. The van der Waals surface area contributed by atoms with Crippen LogP contribution in [0.3, 0.4) is 0 Å². The molecule has 0 atom stereocenters. The highest BCUT2D eigenvalue weighted by molar-refractivity contribution is 7.99. The van der Waals surface area contributed by atoms with Crippen molar-refractivity contribution in [1.29, 1.82) is 0 Å². The number of thioether (sulfide) groups is 1. The Morgan fingerprint density at radius 3 is 2.55 bits per heavy atom. The van der Waals surface area contributed by atoms with Gasteiger partial charge in [0.15, 0.2) is 5.16 Å². The first-order chi connectivity index (χ1) is 14.9. The van der Waals surface area contributed by atoms with Crippen LogP contribution in [0.15, 0.2) is 60.0 Å². The van der Waals surface area contributed by atoms with E-state index < -0.39 is 11.9 Å². The lowest BCUT2D eigenvalue weighted by molar-refractivity contribution is -0.117. The third-order valence-corrected chi connectivity index (χ3v) is 4.84. The number of ether oxygens (including phenoxy) is 1. The molecular weight excluding hydrogens is 420 g/mol. The molecule has 0 saturated carbocycles. The second-order valence-electron chi connectivity index (χ2n) is 6.23. The Labute approximate surface area is 182 Å². The molecule has 10 nitrogen and oxygen atoms in total. The lowest BCUT2D eigenvalue weighted by Gasteiger charge is -2.09. The quantitative estimate of drug-likeness (QED) is 0.482. The number of hydrogen-bond donors (Lipinski definition) is 3. The van der Waals surface area contributed by atoms with E-state index in [2.05, 4.69) is 26.1 Å². The molecule has 4 amide bonds. The zero-order chi connectivity index (χ0) is 22.2. The largest absolute Gasteiger partial charge is 0.497 e. The monoisotopic (exact) mass is 440 g/mol. The number of rotatable bonds is 7. The van der Waals surface area contributed by atoms with Crippen molar-refractivity contribution in [1.82, 2.24) is 20.1 Å². The number of benzene rings is 2. The van der Waals surface area contributed by atoms with Crippen molar-refractivity contribution >= 4 is 41.0 Å². The van der Waals surface area contributed by atoms with Gasteiger partial charge in [-0.15, -0.1) is 10.2 Å². The zero-order valence-electron chi connectivity index (χ0n) is 16.8. The van der Waals surface area contributed by atoms with Crippen molar-refractivity contribution in [3.8, 4) is 11.4 Å². The van der Waals surface area contributed by atoms with Crippen LogP contribution < -0.4 is 20.7 Å². The Bertz CT molecular complexity index is 1080. The van der Waals surface area contributed by atoms with Crippen molar-refractivity contribution < 1.29 is 19.1 Å². The third-order valence-electron chi connectivity index (χ3n) is 3.89. The SMILES string of the molecule is COc1ccc(NC(=O)NC(=O)CSc2nncn2-c2cccc(NC(C)=O)c2)cc1. The van der Waals surface area contributed by atoms with Crippen molar-refractivity contribution in [3.63, 3.8) is 0 Å². The Hall–Kier alpha value is -3.86. The van der Waals surface area contributed by atoms with Crippen LogP contribution in [-0.2, 0) is 9.59 Å². The molecule has 2 aromatic carbocycles. The molecule has 0 unspecified atom stereocenters. The van der Waals surface area contributed by atoms with Crippen LogP contribution in [0.1, 0.15) is 6.92 Å². The fourth-order valence-corrected chi connectivity index (χ4v) is 3.30. The highest BCUT2D eigenvalue weighted by atomic mass is 32.2. The number of hydrogen-bond acceptors (Lipinski definition) is 7. The number of amides is 4. The average molecular weight is 440 g/mol. The van der Waals surface area contributed by atoms with Crippen molar-refractivity contribution in [2.24, 2.45) is 0 Å². The fourth-order valence-electron chi connectivity index (χ4n) is 2.57. The van der Waals surface area contributed by atoms with Crippen LogP contribution >= 0.6 is 11.8 Å². The third kappa shape index (κ3) is 6.31. The van der Waals surface area contributed by atoms with Gasteiger partial charge in [0.25, 0.3) is 0 Å². The summed E-state index contributed by atoms with van der Waals surface area (Å²) >= 11 is 1.12. The summed E-state index contributed by atoms with van der Waals surface area (Å²) in [7, 11) is 1.55. The first-order valence-electron chi connectivity index (χ1n) is 9.10. The van der Waals surface area contributed by atoms with Gasteiger partial charge in [-0.3, -0.25) is 19.5 Å². The van der Waals surface area contributed by atoms with Crippen LogP contribution in [0.4, 0.5) is 16.2 Å². The first kappa shape index (κ1) is 21.8. The molecule has 1 aromatic heterocycles. The minimum absolute atomic E-state index is 0.0416. The normalized spacial score (nSPS) is 10.3. The van der Waals surface area contributed by atoms with Gasteiger partial charge in [0, 0.05) is 18.3 Å². The van der Waals surface area contributed by atoms with Gasteiger partial charge in [-0.25, -0.2) is 4.79 Å². The molecule has 0 bridgehead atoms. The smallest absolute Gasteiger partial charge is 0.325 e. The summed E-state index contributed by atoms with van der Waals surface area (Å²) < 4.78 is 6.74. The van der Waals surface area contributed by atoms with Crippen molar-refractivity contribution in [3.05, 3.63) is 54.9 Å². The van der Waals surface area contributed by atoms with Gasteiger partial charge in [-0.2, -0.15) is 0 Å². The predicted octanol–water partition coefficient (Wildman–Crippen LogP) is 2.67. The topological polar surface area (TPSA) is 127 Å². The average Bonchev–Trinajstić information content (AvgIpc) is 3.21. The van der Waals surface area contributed by atoms with Crippen LogP contribution in [0.2, 0.25) is 0 Å². The Morgan fingerprint density at radius 1 is 1.06 bits per heavy atom. The molecular formula is C20H20N6O4S. The van der Waals surface area contributed by atoms with Gasteiger partial charge >= 0.3 is 6.03 Å². The van der Waals surface area contributed by atoms with E-state index in [1.165, 1.54) is 13.3 Å². The van der Waals surface area contributed by atoms with Gasteiger partial charge in [-0.1, -0.05) is 17.8 Å². The summed E-state index contributed by atoms with van der Waals surface area (Å²) in [5, 5.41) is 15.9. The molecule has 0 saturated heterocycles. The summed E-state index contributed by atoms with van der Waals surface area (Å²) in [6.45, 7) is 1.43. The Morgan fingerprint density at radius 2 is 1.84 bits per heavy atom. The second kappa shape index (κ2) is 10.3. The molecule has 0 aliphatic rings. The number of nitrogens with one attached hydrogen (secondary N) is 3. The van der Waals surface area contributed by atoms with E-state index in [1.54, 1.807) is 54.1 Å². The summed E-state index contributed by atoms with van der Waals surface area (Å²) in [6, 6.07) is 13.2. The molecule has 31 heavy (non-hydrogen) atoms. The molecule has 3 rings (SSSR count). The van der Waals surface area contributed by atoms with E-state index in [1.807, 2.05) is 6.07 Å². The Balaban J connectivity index is 1.56. The minimum Gasteiger partial charge on any atom is -0.497 e. The molecule has 0 aliphatic heterocycles. The molecule has 0 aliphatic carbocycles. The number of anilines is 2. The summed E-state index contributed by atoms with van der Waals surface area (Å²) in [6.07, 6.45) is 1.50. The summed E-state index contributed by atoms with van der Waals surface area (Å²) in [4.78, 5) is 35.4. The van der Waals surface area contributed by atoms with E-state index >= 15 is 0 Å². The number of aromatic nitrogens is 3. The maximum Gasteiger partial charge on any atom is 0.325 e. The number of urea groups is 1. The molecule has 3 aromatic rings. The van der Waals surface area contributed by atoms with Gasteiger partial charge in [0.05, 0.1) is 18.6 Å². The predicted molar refractivity (Wildman–Crippen MR) is 117 cm³/mol. The summed E-state index contributed by atoms with van der Waals surface area (Å²) in [5.41, 5.74) is 1.87. The highest BCUT2D eigenvalue weighted by Gasteiger charge is 2.13. The van der Waals surface area contributed by atoms with Crippen molar-refractivity contribution in [2.75, 3.05) is 23.5 Å². The van der Waals surface area contributed by atoms with Gasteiger partial charge in [-0.05, 0) is 42.5 Å². The van der Waals surface area contributed by atoms with Gasteiger partial charge < -0.3 is 15.4 Å². The van der Waals surface area contributed by atoms with E-state index in [-0.39, 0.29) is 11.7 Å². The van der Waals surface area contributed by atoms with Gasteiger partial charge in [0.1, 0.15) is 12.1 Å². The molecule has 160 valence electrons. The summed E-state index contributed by atoms with van der Waals surface area (Å²) in [5.74, 6) is -0.0528. The Kier molecular flexibility index (Phi) is 7.22. The van der Waals surface area contributed by atoms with E-state index in [0.29, 0.717) is 22.3 Å². The number of carbonyl (C=O) groups excluding carboxylic acids is 3. The number of nitrogens with zero attached hydrogens (tertiary/aromatic N) is 3. The fraction of sp³-hybridized carbons (Fsp3) is 0.150. The number of methoxy groups -OCH3 is 1. The molecule has 0 spiro atoms. The molecule has 0 fully saturated rings. The van der Waals surface area contributed by atoms with Crippen LogP contribution in [0, 0.1) is 0 Å².